The molecule has 0 unspecified atom stereocenters. The van der Waals surface area contributed by atoms with Crippen LogP contribution in [0.1, 0.15) is 18.9 Å². The van der Waals surface area contributed by atoms with Crippen molar-refractivity contribution in [3.05, 3.63) is 22.8 Å². The van der Waals surface area contributed by atoms with E-state index in [2.05, 4.69) is 4.98 Å². The lowest BCUT2D eigenvalue weighted by atomic mass is 10.1. The van der Waals surface area contributed by atoms with Crippen molar-refractivity contribution >= 4 is 11.6 Å². The summed E-state index contributed by atoms with van der Waals surface area (Å²) >= 11 is 5.99. The Balaban J connectivity index is 2.82. The maximum atomic E-state index is 9.16. The molecule has 1 heterocycles. The molecular weight excluding hydrogens is 202 g/mol. The quantitative estimate of drug-likeness (QED) is 0.836. The Kier molecular flexibility index (Phi) is 4.17. The molecule has 0 aliphatic carbocycles. The third kappa shape index (κ3) is 2.86. The van der Waals surface area contributed by atoms with Gasteiger partial charge in [0.25, 0.3) is 0 Å². The number of aromatic nitrogens is 1. The van der Waals surface area contributed by atoms with Gasteiger partial charge in [-0.1, -0.05) is 11.6 Å². The number of aliphatic hydroxyl groups excluding tert-OH is 1. The Hall–Kier alpha value is -0.800. The van der Waals surface area contributed by atoms with E-state index in [1.165, 1.54) is 0 Å². The smallest absolute Gasteiger partial charge is 0.217 e. The minimum atomic E-state index is -0.337. The molecule has 0 aliphatic rings. The zero-order valence-corrected chi connectivity index (χ0v) is 9.08. The van der Waals surface area contributed by atoms with Crippen LogP contribution in [0.4, 0.5) is 0 Å². The fraction of sp³-hybridized carbons (Fsp3) is 0.500. The summed E-state index contributed by atoms with van der Waals surface area (Å²) in [5.74, 6) is 0.540. The lowest BCUT2D eigenvalue weighted by Crippen LogP contribution is -2.03. The predicted octanol–water partition coefficient (Wildman–Crippen LogP) is 2.06. The van der Waals surface area contributed by atoms with E-state index in [0.29, 0.717) is 23.7 Å². The number of rotatable bonds is 4. The Bertz CT molecular complexity index is 302. The van der Waals surface area contributed by atoms with Crippen LogP contribution in [-0.4, -0.2) is 23.3 Å². The van der Waals surface area contributed by atoms with Gasteiger partial charge < -0.3 is 9.84 Å². The molecule has 14 heavy (non-hydrogen) atoms. The van der Waals surface area contributed by atoms with Gasteiger partial charge in [0, 0.05) is 11.8 Å². The lowest BCUT2D eigenvalue weighted by Gasteiger charge is -2.09. The second-order valence-corrected chi connectivity index (χ2v) is 3.58. The van der Waals surface area contributed by atoms with Crippen LogP contribution in [0, 0.1) is 0 Å². The Labute approximate surface area is 88.7 Å². The van der Waals surface area contributed by atoms with Crippen LogP contribution in [-0.2, 0) is 6.42 Å². The van der Waals surface area contributed by atoms with Crippen molar-refractivity contribution in [3.8, 4) is 5.88 Å². The Morgan fingerprint density at radius 2 is 2.36 bits per heavy atom. The summed E-state index contributed by atoms with van der Waals surface area (Å²) in [6.07, 6.45) is 2.60. The first-order valence-electron chi connectivity index (χ1n) is 4.50. The summed E-state index contributed by atoms with van der Waals surface area (Å²) in [5.41, 5.74) is 0.859. The van der Waals surface area contributed by atoms with Crippen LogP contribution in [0.5, 0.6) is 5.88 Å². The predicted molar refractivity (Wildman–Crippen MR) is 55.8 cm³/mol. The Morgan fingerprint density at radius 3 is 2.93 bits per heavy atom. The number of hydrogen-bond donors (Lipinski definition) is 1. The zero-order valence-electron chi connectivity index (χ0n) is 8.33. The van der Waals surface area contributed by atoms with Crippen molar-refractivity contribution in [2.75, 3.05) is 7.11 Å². The first-order valence-corrected chi connectivity index (χ1v) is 4.88. The monoisotopic (exact) mass is 215 g/mol. The van der Waals surface area contributed by atoms with E-state index in [1.807, 2.05) is 0 Å². The van der Waals surface area contributed by atoms with Crippen molar-refractivity contribution in [2.24, 2.45) is 0 Å². The average molecular weight is 216 g/mol. The standard InChI is InChI=1S/C10H14ClNO2/c1-7(13)3-4-8-9(11)5-6-12-10(8)14-2/h5-7,13H,3-4H2,1-2H3/t7-/m0/s1. The largest absolute Gasteiger partial charge is 0.481 e. The van der Waals surface area contributed by atoms with Crippen molar-refractivity contribution in [2.45, 2.75) is 25.9 Å². The molecule has 0 radical (unpaired) electrons. The van der Waals surface area contributed by atoms with Crippen molar-refractivity contribution in [3.63, 3.8) is 0 Å². The molecule has 3 nitrogen and oxygen atoms in total. The highest BCUT2D eigenvalue weighted by molar-refractivity contribution is 6.31. The summed E-state index contributed by atoms with van der Waals surface area (Å²) < 4.78 is 5.08. The number of ether oxygens (including phenoxy) is 1. The summed E-state index contributed by atoms with van der Waals surface area (Å²) in [5, 5.41) is 9.80. The van der Waals surface area contributed by atoms with E-state index >= 15 is 0 Å². The molecule has 0 aromatic carbocycles. The zero-order chi connectivity index (χ0) is 10.6. The summed E-state index contributed by atoms with van der Waals surface area (Å²) in [6, 6.07) is 1.72. The number of aliphatic hydroxyl groups is 1. The molecule has 4 heteroatoms. The van der Waals surface area contributed by atoms with Gasteiger partial charge in [0.2, 0.25) is 5.88 Å². The number of hydrogen-bond acceptors (Lipinski definition) is 3. The van der Waals surface area contributed by atoms with Crippen molar-refractivity contribution < 1.29 is 9.84 Å². The fourth-order valence-corrected chi connectivity index (χ4v) is 1.44. The van der Waals surface area contributed by atoms with Gasteiger partial charge in [0.1, 0.15) is 0 Å². The van der Waals surface area contributed by atoms with Crippen LogP contribution in [0.25, 0.3) is 0 Å². The van der Waals surface area contributed by atoms with Gasteiger partial charge in [-0.05, 0) is 25.8 Å². The van der Waals surface area contributed by atoms with Gasteiger partial charge in [-0.15, -0.1) is 0 Å². The third-order valence-corrected chi connectivity index (χ3v) is 2.32. The Morgan fingerprint density at radius 1 is 1.64 bits per heavy atom. The molecule has 0 spiro atoms. The van der Waals surface area contributed by atoms with Crippen LogP contribution >= 0.6 is 11.6 Å². The van der Waals surface area contributed by atoms with Crippen molar-refractivity contribution in [1.29, 1.82) is 0 Å². The number of nitrogens with zero attached hydrogens (tertiary/aromatic N) is 1. The molecule has 0 fully saturated rings. The number of pyridine rings is 1. The van der Waals surface area contributed by atoms with Crippen molar-refractivity contribution in [1.82, 2.24) is 4.98 Å². The van der Waals surface area contributed by atoms with E-state index in [1.54, 1.807) is 26.3 Å². The van der Waals surface area contributed by atoms with Gasteiger partial charge in [-0.3, -0.25) is 0 Å². The van der Waals surface area contributed by atoms with Gasteiger partial charge in [0.15, 0.2) is 0 Å². The summed E-state index contributed by atoms with van der Waals surface area (Å²) in [6.45, 7) is 1.75. The van der Waals surface area contributed by atoms with E-state index in [4.69, 9.17) is 21.4 Å². The van der Waals surface area contributed by atoms with Gasteiger partial charge in [-0.2, -0.15) is 0 Å². The van der Waals surface area contributed by atoms with E-state index < -0.39 is 0 Å². The first kappa shape index (κ1) is 11.3. The summed E-state index contributed by atoms with van der Waals surface area (Å²) in [4.78, 5) is 4.05. The topological polar surface area (TPSA) is 42.4 Å². The number of methoxy groups -OCH3 is 1. The minimum absolute atomic E-state index is 0.337. The van der Waals surface area contributed by atoms with Crippen LogP contribution in [0.2, 0.25) is 5.02 Å². The molecule has 78 valence electrons. The van der Waals surface area contributed by atoms with E-state index in [-0.39, 0.29) is 6.10 Å². The maximum Gasteiger partial charge on any atom is 0.217 e. The van der Waals surface area contributed by atoms with Gasteiger partial charge in [0.05, 0.1) is 18.2 Å². The maximum absolute atomic E-state index is 9.16. The average Bonchev–Trinajstić information content (AvgIpc) is 2.15. The third-order valence-electron chi connectivity index (χ3n) is 1.96. The van der Waals surface area contributed by atoms with E-state index in [0.717, 1.165) is 5.56 Å². The molecule has 0 bridgehead atoms. The molecule has 0 saturated carbocycles. The SMILES string of the molecule is COc1nccc(Cl)c1CC[C@H](C)O. The van der Waals surface area contributed by atoms with E-state index in [9.17, 15) is 0 Å². The minimum Gasteiger partial charge on any atom is -0.481 e. The molecule has 1 aromatic heterocycles. The molecule has 0 amide bonds. The second kappa shape index (κ2) is 5.17. The lowest BCUT2D eigenvalue weighted by molar-refractivity contribution is 0.184. The fourth-order valence-electron chi connectivity index (χ4n) is 1.21. The molecule has 1 aromatic rings. The van der Waals surface area contributed by atoms with Gasteiger partial charge >= 0.3 is 0 Å². The van der Waals surface area contributed by atoms with Gasteiger partial charge in [-0.25, -0.2) is 4.98 Å². The highest BCUT2D eigenvalue weighted by atomic mass is 35.5. The van der Waals surface area contributed by atoms with Crippen LogP contribution < -0.4 is 4.74 Å². The molecule has 1 N–H and O–H groups in total. The molecule has 0 saturated heterocycles. The molecule has 0 aliphatic heterocycles. The normalized spacial score (nSPS) is 12.6. The first-order chi connectivity index (χ1) is 6.65. The highest BCUT2D eigenvalue weighted by Crippen LogP contribution is 2.25. The molecular formula is C10H14ClNO2. The second-order valence-electron chi connectivity index (χ2n) is 3.17. The summed E-state index contributed by atoms with van der Waals surface area (Å²) in [7, 11) is 1.56. The van der Waals surface area contributed by atoms with Crippen LogP contribution in [0.15, 0.2) is 12.3 Å². The van der Waals surface area contributed by atoms with Crippen LogP contribution in [0.3, 0.4) is 0 Å². The molecule has 1 rings (SSSR count). The highest BCUT2D eigenvalue weighted by Gasteiger charge is 2.09. The molecule has 1 atom stereocenters. The number of halogens is 1.